The van der Waals surface area contributed by atoms with Gasteiger partial charge in [-0.25, -0.2) is 4.39 Å². The van der Waals surface area contributed by atoms with Crippen molar-refractivity contribution in [2.24, 2.45) is 5.92 Å². The Morgan fingerprint density at radius 3 is 2.55 bits per heavy atom. The van der Waals surface area contributed by atoms with E-state index < -0.39 is 0 Å². The van der Waals surface area contributed by atoms with Crippen molar-refractivity contribution in [1.82, 2.24) is 0 Å². The average molecular weight is 421 g/mol. The molecular weight excluding hydrogens is 406 g/mol. The third-order valence-electron chi connectivity index (χ3n) is 3.16. The second-order valence-electron chi connectivity index (χ2n) is 4.79. The van der Waals surface area contributed by atoms with E-state index >= 15 is 0 Å². The van der Waals surface area contributed by atoms with E-state index in [1.165, 1.54) is 6.07 Å². The molecule has 0 amide bonds. The van der Waals surface area contributed by atoms with Gasteiger partial charge in [-0.3, -0.25) is 0 Å². The average Bonchev–Trinajstić information content (AvgIpc) is 2.41. The lowest BCUT2D eigenvalue weighted by molar-refractivity contribution is 0.582. The predicted octanol–water partition coefficient (Wildman–Crippen LogP) is 6.04. The van der Waals surface area contributed by atoms with Gasteiger partial charge < -0.3 is 0 Å². The highest BCUT2D eigenvalue weighted by atomic mass is 79.9. The maximum Gasteiger partial charge on any atom is 0.123 e. The van der Waals surface area contributed by atoms with Crippen LogP contribution in [0.15, 0.2) is 46.9 Å². The fraction of sp³-hybridized carbons (Fsp3) is 0.250. The fourth-order valence-electron chi connectivity index (χ4n) is 2.18. The summed E-state index contributed by atoms with van der Waals surface area (Å²) in [4.78, 5) is 0. The Hall–Kier alpha value is -0.380. The normalized spacial score (nSPS) is 12.4. The summed E-state index contributed by atoms with van der Waals surface area (Å²) < 4.78 is 14.2. The molecular formula is C16H14Br2ClF. The first-order valence-electron chi connectivity index (χ1n) is 6.33. The Kier molecular flexibility index (Phi) is 6.06. The molecule has 0 aromatic heterocycles. The summed E-state index contributed by atoms with van der Waals surface area (Å²) in [7, 11) is 0. The third kappa shape index (κ3) is 4.57. The van der Waals surface area contributed by atoms with Crippen molar-refractivity contribution in [2.75, 3.05) is 5.33 Å². The highest BCUT2D eigenvalue weighted by molar-refractivity contribution is 9.10. The minimum absolute atomic E-state index is 0.183. The maximum atomic E-state index is 13.2. The monoisotopic (exact) mass is 418 g/mol. The van der Waals surface area contributed by atoms with Gasteiger partial charge in [0.1, 0.15) is 5.82 Å². The lowest BCUT2D eigenvalue weighted by atomic mass is 9.94. The first-order valence-corrected chi connectivity index (χ1v) is 8.62. The zero-order valence-corrected chi connectivity index (χ0v) is 14.7. The van der Waals surface area contributed by atoms with Gasteiger partial charge >= 0.3 is 0 Å². The van der Waals surface area contributed by atoms with Crippen molar-refractivity contribution in [2.45, 2.75) is 12.8 Å². The Morgan fingerprint density at radius 2 is 1.90 bits per heavy atom. The predicted molar refractivity (Wildman–Crippen MR) is 90.2 cm³/mol. The van der Waals surface area contributed by atoms with Crippen LogP contribution in [0.1, 0.15) is 11.1 Å². The lowest BCUT2D eigenvalue weighted by Crippen LogP contribution is -2.10. The SMILES string of the molecule is Fc1cccc(CC(CBr)Cc2ccc(Br)cc2Cl)c1. The number of alkyl halides is 1. The van der Waals surface area contributed by atoms with Crippen LogP contribution in [-0.4, -0.2) is 5.33 Å². The number of benzene rings is 2. The summed E-state index contributed by atoms with van der Waals surface area (Å²) in [5, 5.41) is 1.63. The molecule has 2 rings (SSSR count). The van der Waals surface area contributed by atoms with Gasteiger partial charge in [0.25, 0.3) is 0 Å². The van der Waals surface area contributed by atoms with Gasteiger partial charge in [-0.2, -0.15) is 0 Å². The molecule has 4 heteroatoms. The highest BCUT2D eigenvalue weighted by Crippen LogP contribution is 2.25. The molecule has 1 atom stereocenters. The largest absolute Gasteiger partial charge is 0.207 e. The van der Waals surface area contributed by atoms with Crippen molar-refractivity contribution in [3.05, 3.63) is 68.9 Å². The van der Waals surface area contributed by atoms with Crippen LogP contribution in [0.25, 0.3) is 0 Å². The van der Waals surface area contributed by atoms with Crippen molar-refractivity contribution in [3.8, 4) is 0 Å². The molecule has 0 aliphatic heterocycles. The van der Waals surface area contributed by atoms with Gasteiger partial charge in [0.15, 0.2) is 0 Å². The van der Waals surface area contributed by atoms with Crippen LogP contribution < -0.4 is 0 Å². The van der Waals surface area contributed by atoms with Gasteiger partial charge in [-0.1, -0.05) is 61.7 Å². The van der Waals surface area contributed by atoms with Crippen LogP contribution >= 0.6 is 43.5 Å². The van der Waals surface area contributed by atoms with E-state index in [-0.39, 0.29) is 5.82 Å². The van der Waals surface area contributed by atoms with E-state index in [2.05, 4.69) is 31.9 Å². The molecule has 0 saturated heterocycles. The van der Waals surface area contributed by atoms with Crippen LogP contribution in [0.2, 0.25) is 5.02 Å². The smallest absolute Gasteiger partial charge is 0.123 e. The summed E-state index contributed by atoms with van der Waals surface area (Å²) >= 11 is 13.2. The van der Waals surface area contributed by atoms with Crippen molar-refractivity contribution in [3.63, 3.8) is 0 Å². The third-order valence-corrected chi connectivity index (χ3v) is 4.92. The Labute approximate surface area is 140 Å². The minimum Gasteiger partial charge on any atom is -0.207 e. The zero-order chi connectivity index (χ0) is 14.5. The summed E-state index contributed by atoms with van der Waals surface area (Å²) in [5.74, 6) is 0.202. The Bertz CT molecular complexity index is 586. The van der Waals surface area contributed by atoms with Gasteiger partial charge in [-0.15, -0.1) is 0 Å². The molecule has 1 unspecified atom stereocenters. The first-order chi connectivity index (χ1) is 9.58. The second kappa shape index (κ2) is 7.58. The van der Waals surface area contributed by atoms with Gasteiger partial charge in [0.2, 0.25) is 0 Å². The summed E-state index contributed by atoms with van der Waals surface area (Å²) in [5.41, 5.74) is 2.14. The van der Waals surface area contributed by atoms with E-state index in [0.717, 1.165) is 38.8 Å². The molecule has 2 aromatic rings. The summed E-state index contributed by atoms with van der Waals surface area (Å²) in [6.45, 7) is 0. The maximum absolute atomic E-state index is 13.2. The van der Waals surface area contributed by atoms with E-state index in [4.69, 9.17) is 11.6 Å². The van der Waals surface area contributed by atoms with Crippen LogP contribution in [0.3, 0.4) is 0 Å². The summed E-state index contributed by atoms with van der Waals surface area (Å²) in [6, 6.07) is 12.7. The molecule has 0 aliphatic carbocycles. The van der Waals surface area contributed by atoms with Crippen molar-refractivity contribution in [1.29, 1.82) is 0 Å². The quantitative estimate of drug-likeness (QED) is 0.518. The molecule has 0 nitrogen and oxygen atoms in total. The number of halogens is 4. The molecule has 20 heavy (non-hydrogen) atoms. The molecule has 0 bridgehead atoms. The number of hydrogen-bond acceptors (Lipinski definition) is 0. The Balaban J connectivity index is 2.09. The molecule has 0 aliphatic rings. The fourth-order valence-corrected chi connectivity index (χ4v) is 3.39. The molecule has 0 N–H and O–H groups in total. The zero-order valence-electron chi connectivity index (χ0n) is 10.8. The van der Waals surface area contributed by atoms with Crippen LogP contribution in [0.4, 0.5) is 4.39 Å². The Morgan fingerprint density at radius 1 is 1.10 bits per heavy atom. The van der Waals surface area contributed by atoms with Crippen LogP contribution in [-0.2, 0) is 12.8 Å². The first kappa shape index (κ1) is 16.0. The number of rotatable bonds is 5. The second-order valence-corrected chi connectivity index (χ2v) is 6.76. The van der Waals surface area contributed by atoms with E-state index in [0.29, 0.717) is 5.92 Å². The van der Waals surface area contributed by atoms with E-state index in [1.54, 1.807) is 12.1 Å². The molecule has 0 saturated carbocycles. The molecule has 0 heterocycles. The standard InChI is InChI=1S/C16H14Br2ClF/c17-10-12(6-11-2-1-3-15(20)8-11)7-13-4-5-14(18)9-16(13)19/h1-5,8-9,12H,6-7,10H2. The molecule has 106 valence electrons. The minimum atomic E-state index is -0.183. The highest BCUT2D eigenvalue weighted by Gasteiger charge is 2.12. The van der Waals surface area contributed by atoms with Gasteiger partial charge in [-0.05, 0) is 54.2 Å². The number of hydrogen-bond donors (Lipinski definition) is 0. The van der Waals surface area contributed by atoms with Gasteiger partial charge in [0, 0.05) is 14.8 Å². The van der Waals surface area contributed by atoms with Gasteiger partial charge in [0.05, 0.1) is 0 Å². The van der Waals surface area contributed by atoms with Crippen molar-refractivity contribution < 1.29 is 4.39 Å². The molecule has 0 fully saturated rings. The van der Waals surface area contributed by atoms with E-state index in [9.17, 15) is 4.39 Å². The van der Waals surface area contributed by atoms with Crippen LogP contribution in [0.5, 0.6) is 0 Å². The topological polar surface area (TPSA) is 0 Å². The summed E-state index contributed by atoms with van der Waals surface area (Å²) in [6.07, 6.45) is 1.70. The molecule has 0 radical (unpaired) electrons. The lowest BCUT2D eigenvalue weighted by Gasteiger charge is -2.15. The molecule has 0 spiro atoms. The van der Waals surface area contributed by atoms with Crippen LogP contribution in [0, 0.1) is 11.7 Å². The molecule has 2 aromatic carbocycles. The van der Waals surface area contributed by atoms with E-state index in [1.807, 2.05) is 24.3 Å². The van der Waals surface area contributed by atoms with Crippen molar-refractivity contribution >= 4 is 43.5 Å².